The lowest BCUT2D eigenvalue weighted by Crippen LogP contribution is -2.26. The number of benzene rings is 2. The number of nitrogens with zero attached hydrogens (tertiary/aromatic N) is 1. The predicted octanol–water partition coefficient (Wildman–Crippen LogP) is 3.84. The van der Waals surface area contributed by atoms with Crippen LogP contribution in [0.2, 0.25) is 0 Å². The minimum Gasteiger partial charge on any atom is -0.497 e. The molecule has 0 bridgehead atoms. The second-order valence-electron chi connectivity index (χ2n) is 5.41. The Morgan fingerprint density at radius 3 is 2.67 bits per heavy atom. The topological polar surface area (TPSA) is 64.4 Å². The van der Waals surface area contributed by atoms with Gasteiger partial charge in [-0.15, -0.1) is 0 Å². The molecular formula is C19H18N2O3. The van der Waals surface area contributed by atoms with Crippen LogP contribution < -0.4 is 10.1 Å². The molecule has 3 aromatic rings. The van der Waals surface area contributed by atoms with Crippen LogP contribution in [0.3, 0.4) is 0 Å². The molecule has 0 aliphatic carbocycles. The summed E-state index contributed by atoms with van der Waals surface area (Å²) in [5, 5.41) is 6.78. The number of hydrogen-bond acceptors (Lipinski definition) is 4. The fraction of sp³-hybridized carbons (Fsp3) is 0.158. The second kappa shape index (κ2) is 7.00. The van der Waals surface area contributed by atoms with Crippen molar-refractivity contribution in [1.82, 2.24) is 10.5 Å². The van der Waals surface area contributed by atoms with E-state index in [4.69, 9.17) is 9.26 Å². The van der Waals surface area contributed by atoms with Gasteiger partial charge < -0.3 is 14.6 Å². The van der Waals surface area contributed by atoms with Gasteiger partial charge in [0.05, 0.1) is 13.2 Å². The highest BCUT2D eigenvalue weighted by molar-refractivity contribution is 5.93. The van der Waals surface area contributed by atoms with Gasteiger partial charge in [-0.1, -0.05) is 47.6 Å². The molecule has 5 heteroatoms. The Hall–Kier alpha value is -3.08. The van der Waals surface area contributed by atoms with E-state index in [2.05, 4.69) is 10.5 Å². The molecular weight excluding hydrogens is 304 g/mol. The van der Waals surface area contributed by atoms with E-state index >= 15 is 0 Å². The first kappa shape index (κ1) is 15.8. The lowest BCUT2D eigenvalue weighted by Gasteiger charge is -2.12. The average molecular weight is 322 g/mol. The Morgan fingerprint density at radius 1 is 1.12 bits per heavy atom. The zero-order chi connectivity index (χ0) is 16.9. The maximum absolute atomic E-state index is 12.3. The number of carbonyl (C=O) groups is 1. The maximum Gasteiger partial charge on any atom is 0.273 e. The van der Waals surface area contributed by atoms with Gasteiger partial charge in [0.1, 0.15) is 5.75 Å². The van der Waals surface area contributed by atoms with Gasteiger partial charge >= 0.3 is 0 Å². The molecule has 122 valence electrons. The fourth-order valence-corrected chi connectivity index (χ4v) is 2.39. The third-order valence-corrected chi connectivity index (χ3v) is 3.74. The van der Waals surface area contributed by atoms with Gasteiger partial charge in [0.15, 0.2) is 11.5 Å². The van der Waals surface area contributed by atoms with Crippen molar-refractivity contribution < 1.29 is 14.1 Å². The summed E-state index contributed by atoms with van der Waals surface area (Å²) >= 11 is 0. The van der Waals surface area contributed by atoms with Gasteiger partial charge in [-0.25, -0.2) is 0 Å². The van der Waals surface area contributed by atoms with Crippen molar-refractivity contribution in [2.24, 2.45) is 0 Å². The fourth-order valence-electron chi connectivity index (χ4n) is 2.39. The normalized spacial score (nSPS) is 11.8. The average Bonchev–Trinajstić information content (AvgIpc) is 3.13. The molecule has 24 heavy (non-hydrogen) atoms. The molecule has 0 fully saturated rings. The second-order valence-corrected chi connectivity index (χ2v) is 5.41. The van der Waals surface area contributed by atoms with E-state index in [9.17, 15) is 4.79 Å². The highest BCUT2D eigenvalue weighted by Crippen LogP contribution is 2.24. The molecule has 1 aromatic heterocycles. The molecule has 0 saturated carbocycles. The third-order valence-electron chi connectivity index (χ3n) is 3.74. The first-order valence-corrected chi connectivity index (χ1v) is 7.64. The zero-order valence-corrected chi connectivity index (χ0v) is 13.5. The molecule has 0 spiro atoms. The number of amides is 1. The highest BCUT2D eigenvalue weighted by atomic mass is 16.5. The SMILES string of the molecule is COc1cccc(-c2cc(C(=O)N[C@H](C)c3ccccc3)no2)c1. The zero-order valence-electron chi connectivity index (χ0n) is 13.5. The summed E-state index contributed by atoms with van der Waals surface area (Å²) in [5.74, 6) is 0.961. The van der Waals surface area contributed by atoms with Gasteiger partial charge in [-0.2, -0.15) is 0 Å². The molecule has 2 aromatic carbocycles. The number of rotatable bonds is 5. The molecule has 0 saturated heterocycles. The van der Waals surface area contributed by atoms with Crippen LogP contribution in [0.1, 0.15) is 29.0 Å². The molecule has 1 amide bonds. The van der Waals surface area contributed by atoms with Crippen LogP contribution in [0.5, 0.6) is 5.75 Å². The summed E-state index contributed by atoms with van der Waals surface area (Å²) < 4.78 is 10.5. The lowest BCUT2D eigenvalue weighted by molar-refractivity contribution is 0.0931. The van der Waals surface area contributed by atoms with E-state index in [-0.39, 0.29) is 17.6 Å². The van der Waals surface area contributed by atoms with E-state index in [1.54, 1.807) is 13.2 Å². The number of ether oxygens (including phenoxy) is 1. The summed E-state index contributed by atoms with van der Waals surface area (Å²) in [7, 11) is 1.60. The van der Waals surface area contributed by atoms with E-state index in [1.807, 2.05) is 61.5 Å². The van der Waals surface area contributed by atoms with E-state index in [1.165, 1.54) is 0 Å². The summed E-state index contributed by atoms with van der Waals surface area (Å²) in [4.78, 5) is 12.3. The van der Waals surface area contributed by atoms with Gasteiger partial charge in [0, 0.05) is 11.6 Å². The Bertz CT molecular complexity index is 827. The summed E-state index contributed by atoms with van der Waals surface area (Å²) in [6.07, 6.45) is 0. The number of nitrogens with one attached hydrogen (secondary N) is 1. The van der Waals surface area contributed by atoms with E-state index < -0.39 is 0 Å². The van der Waals surface area contributed by atoms with Gasteiger partial charge in [0.25, 0.3) is 5.91 Å². The Balaban J connectivity index is 1.74. The van der Waals surface area contributed by atoms with E-state index in [0.717, 1.165) is 11.1 Å². The molecule has 1 heterocycles. The van der Waals surface area contributed by atoms with Crippen LogP contribution in [0.15, 0.2) is 65.2 Å². The molecule has 0 aliphatic heterocycles. The highest BCUT2D eigenvalue weighted by Gasteiger charge is 2.16. The van der Waals surface area contributed by atoms with Crippen LogP contribution in [0.25, 0.3) is 11.3 Å². The molecule has 0 radical (unpaired) electrons. The summed E-state index contributed by atoms with van der Waals surface area (Å²) in [6, 6.07) is 18.7. The van der Waals surface area contributed by atoms with Crippen LogP contribution in [-0.2, 0) is 0 Å². The number of carbonyl (C=O) groups excluding carboxylic acids is 1. The number of hydrogen-bond donors (Lipinski definition) is 1. The predicted molar refractivity (Wildman–Crippen MR) is 90.8 cm³/mol. The largest absolute Gasteiger partial charge is 0.497 e. The first-order valence-electron chi connectivity index (χ1n) is 7.64. The van der Waals surface area contributed by atoms with Crippen molar-refractivity contribution in [3.63, 3.8) is 0 Å². The molecule has 0 unspecified atom stereocenters. The Kier molecular flexibility index (Phi) is 4.61. The van der Waals surface area contributed by atoms with Crippen LogP contribution in [-0.4, -0.2) is 18.2 Å². The summed E-state index contributed by atoms with van der Waals surface area (Å²) in [5.41, 5.74) is 2.08. The minimum atomic E-state index is -0.274. The van der Waals surface area contributed by atoms with Crippen molar-refractivity contribution >= 4 is 5.91 Å². The van der Waals surface area contributed by atoms with Crippen molar-refractivity contribution in [1.29, 1.82) is 0 Å². The Labute approximate surface area is 140 Å². The molecule has 1 atom stereocenters. The molecule has 0 aliphatic rings. The van der Waals surface area contributed by atoms with Crippen LogP contribution in [0.4, 0.5) is 0 Å². The van der Waals surface area contributed by atoms with Crippen molar-refractivity contribution in [3.05, 3.63) is 71.9 Å². The van der Waals surface area contributed by atoms with Crippen molar-refractivity contribution in [3.8, 4) is 17.1 Å². The summed E-state index contributed by atoms with van der Waals surface area (Å²) in [6.45, 7) is 1.93. The molecule has 3 rings (SSSR count). The number of aromatic nitrogens is 1. The quantitative estimate of drug-likeness (QED) is 0.775. The molecule has 5 nitrogen and oxygen atoms in total. The molecule has 1 N–H and O–H groups in total. The van der Waals surface area contributed by atoms with Crippen molar-refractivity contribution in [2.45, 2.75) is 13.0 Å². The van der Waals surface area contributed by atoms with Crippen molar-refractivity contribution in [2.75, 3.05) is 7.11 Å². The minimum absolute atomic E-state index is 0.115. The monoisotopic (exact) mass is 322 g/mol. The standard InChI is InChI=1S/C19H18N2O3/c1-13(14-7-4-3-5-8-14)20-19(22)17-12-18(24-21-17)15-9-6-10-16(11-15)23-2/h3-13H,1-2H3,(H,20,22)/t13-/m1/s1. The smallest absolute Gasteiger partial charge is 0.273 e. The maximum atomic E-state index is 12.3. The number of methoxy groups -OCH3 is 1. The Morgan fingerprint density at radius 2 is 1.92 bits per heavy atom. The lowest BCUT2D eigenvalue weighted by atomic mass is 10.1. The van der Waals surface area contributed by atoms with E-state index in [0.29, 0.717) is 11.5 Å². The third kappa shape index (κ3) is 3.46. The van der Waals surface area contributed by atoms with Gasteiger partial charge in [-0.05, 0) is 24.6 Å². The van der Waals surface area contributed by atoms with Crippen LogP contribution in [0, 0.1) is 0 Å². The van der Waals surface area contributed by atoms with Crippen LogP contribution >= 0.6 is 0 Å². The van der Waals surface area contributed by atoms with Gasteiger partial charge in [0.2, 0.25) is 0 Å². The first-order chi connectivity index (χ1) is 11.7. The van der Waals surface area contributed by atoms with Gasteiger partial charge in [-0.3, -0.25) is 4.79 Å².